The molecule has 0 radical (unpaired) electrons. The molecule has 4 rings (SSSR count). The maximum Gasteiger partial charge on any atom is 0.257 e. The van der Waals surface area contributed by atoms with E-state index in [1.165, 1.54) is 11.8 Å². The first-order valence-electron chi connectivity index (χ1n) is 7.36. The molecule has 120 valence electrons. The molecule has 0 spiro atoms. The minimum atomic E-state index is 0.528. The number of hydrogen-bond donors (Lipinski definition) is 1. The van der Waals surface area contributed by atoms with Crippen LogP contribution < -0.4 is 4.74 Å². The highest BCUT2D eigenvalue weighted by Crippen LogP contribution is 2.25. The lowest BCUT2D eigenvalue weighted by molar-refractivity contribution is 0.415. The number of H-pyrrole nitrogens is 1. The summed E-state index contributed by atoms with van der Waals surface area (Å²) in [6.45, 7) is 0. The average molecular weight is 338 g/mol. The summed E-state index contributed by atoms with van der Waals surface area (Å²) in [6.07, 6.45) is 0. The number of aromatic nitrogens is 4. The third-order valence-corrected chi connectivity index (χ3v) is 4.36. The second-order valence-corrected chi connectivity index (χ2v) is 6.06. The predicted molar refractivity (Wildman–Crippen MR) is 91.9 cm³/mol. The van der Waals surface area contributed by atoms with Crippen molar-refractivity contribution in [3.63, 3.8) is 0 Å². The average Bonchev–Trinajstić information content (AvgIpc) is 3.26. The summed E-state index contributed by atoms with van der Waals surface area (Å²) in [4.78, 5) is 12.2. The number of methoxy groups -OCH3 is 1. The minimum absolute atomic E-state index is 0.528. The van der Waals surface area contributed by atoms with Crippen LogP contribution in [0, 0.1) is 0 Å². The first kappa shape index (κ1) is 14.8. The summed E-state index contributed by atoms with van der Waals surface area (Å²) in [7, 11) is 1.65. The second kappa shape index (κ2) is 6.37. The summed E-state index contributed by atoms with van der Waals surface area (Å²) < 4.78 is 10.5. The van der Waals surface area contributed by atoms with Gasteiger partial charge in [0.05, 0.1) is 23.9 Å². The minimum Gasteiger partial charge on any atom is -0.497 e. The van der Waals surface area contributed by atoms with E-state index in [2.05, 4.69) is 20.1 Å². The van der Waals surface area contributed by atoms with Crippen LogP contribution in [0.4, 0.5) is 0 Å². The highest BCUT2D eigenvalue weighted by atomic mass is 32.2. The first-order valence-corrected chi connectivity index (χ1v) is 8.35. The number of thioether (sulfide) groups is 1. The monoisotopic (exact) mass is 338 g/mol. The van der Waals surface area contributed by atoms with Crippen molar-refractivity contribution in [2.24, 2.45) is 0 Å². The van der Waals surface area contributed by atoms with Crippen LogP contribution in [-0.2, 0) is 5.75 Å². The van der Waals surface area contributed by atoms with E-state index in [1.807, 2.05) is 48.5 Å². The number of hydrogen-bond acceptors (Lipinski definition) is 6. The molecule has 0 saturated carbocycles. The van der Waals surface area contributed by atoms with Crippen LogP contribution in [0.3, 0.4) is 0 Å². The Morgan fingerprint density at radius 1 is 1.12 bits per heavy atom. The molecule has 2 heterocycles. The summed E-state index contributed by atoms with van der Waals surface area (Å²) >= 11 is 1.53. The Balaban J connectivity index is 1.48. The molecule has 0 aliphatic carbocycles. The maximum absolute atomic E-state index is 5.31. The summed E-state index contributed by atoms with van der Waals surface area (Å²) in [5.74, 6) is 2.54. The van der Waals surface area contributed by atoms with Crippen LogP contribution >= 0.6 is 11.8 Å². The Morgan fingerprint density at radius 3 is 2.83 bits per heavy atom. The van der Waals surface area contributed by atoms with Crippen LogP contribution in [0.15, 0.2) is 58.2 Å². The van der Waals surface area contributed by atoms with E-state index in [0.717, 1.165) is 27.5 Å². The van der Waals surface area contributed by atoms with Gasteiger partial charge in [-0.2, -0.15) is 4.98 Å². The molecule has 2 aromatic carbocycles. The predicted octanol–water partition coefficient (Wildman–Crippen LogP) is 3.91. The third-order valence-electron chi connectivity index (χ3n) is 3.49. The Kier molecular flexibility index (Phi) is 3.92. The van der Waals surface area contributed by atoms with Crippen molar-refractivity contribution in [2.45, 2.75) is 10.9 Å². The smallest absolute Gasteiger partial charge is 0.257 e. The molecule has 0 aliphatic rings. The lowest BCUT2D eigenvalue weighted by Crippen LogP contribution is -1.85. The molecule has 24 heavy (non-hydrogen) atoms. The molecule has 0 atom stereocenters. The molecule has 0 fully saturated rings. The van der Waals surface area contributed by atoms with Gasteiger partial charge in [-0.15, -0.1) is 0 Å². The zero-order valence-electron chi connectivity index (χ0n) is 12.9. The van der Waals surface area contributed by atoms with Crippen molar-refractivity contribution >= 4 is 22.8 Å². The fourth-order valence-corrected chi connectivity index (χ4v) is 3.03. The Bertz CT molecular complexity index is 965. The van der Waals surface area contributed by atoms with Gasteiger partial charge in [-0.25, -0.2) is 4.98 Å². The van der Waals surface area contributed by atoms with Gasteiger partial charge in [-0.1, -0.05) is 35.1 Å². The van der Waals surface area contributed by atoms with Crippen LogP contribution in [0.1, 0.15) is 5.82 Å². The number of rotatable bonds is 5. The molecule has 1 N–H and O–H groups in total. The fraction of sp³-hybridized carbons (Fsp3) is 0.118. The van der Waals surface area contributed by atoms with Crippen LogP contribution in [0.25, 0.3) is 22.5 Å². The van der Waals surface area contributed by atoms with Gasteiger partial charge in [0.1, 0.15) is 5.75 Å². The topological polar surface area (TPSA) is 76.8 Å². The quantitative estimate of drug-likeness (QED) is 0.556. The van der Waals surface area contributed by atoms with E-state index in [4.69, 9.17) is 9.26 Å². The normalized spacial score (nSPS) is 11.0. The highest BCUT2D eigenvalue weighted by Gasteiger charge is 2.10. The molecule has 0 unspecified atom stereocenters. The van der Waals surface area contributed by atoms with Gasteiger partial charge in [0.15, 0.2) is 11.0 Å². The number of imidazole rings is 1. The van der Waals surface area contributed by atoms with Crippen molar-refractivity contribution in [2.75, 3.05) is 7.11 Å². The molecule has 0 aliphatic heterocycles. The largest absolute Gasteiger partial charge is 0.497 e. The van der Waals surface area contributed by atoms with E-state index in [0.29, 0.717) is 17.5 Å². The van der Waals surface area contributed by atoms with Crippen molar-refractivity contribution in [3.05, 3.63) is 54.4 Å². The second-order valence-electron chi connectivity index (χ2n) is 5.10. The van der Waals surface area contributed by atoms with Gasteiger partial charge in [0.2, 0.25) is 0 Å². The van der Waals surface area contributed by atoms with Gasteiger partial charge in [0, 0.05) is 11.6 Å². The van der Waals surface area contributed by atoms with Crippen molar-refractivity contribution in [1.29, 1.82) is 0 Å². The number of fused-ring (bicyclic) bond motifs is 1. The van der Waals surface area contributed by atoms with Gasteiger partial charge in [0.25, 0.3) is 5.89 Å². The molecule has 0 bridgehead atoms. The van der Waals surface area contributed by atoms with Gasteiger partial charge < -0.3 is 14.2 Å². The number of nitrogens with one attached hydrogen (secondary N) is 1. The van der Waals surface area contributed by atoms with E-state index in [9.17, 15) is 0 Å². The molecule has 0 amide bonds. The Hall–Kier alpha value is -2.80. The highest BCUT2D eigenvalue weighted by molar-refractivity contribution is 7.98. The van der Waals surface area contributed by atoms with Gasteiger partial charge in [-0.05, 0) is 24.3 Å². The third kappa shape index (κ3) is 2.98. The van der Waals surface area contributed by atoms with E-state index in [1.54, 1.807) is 7.11 Å². The SMILES string of the molecule is COc1ccc2nc(SCc3noc(-c4ccccc4)n3)[nH]c2c1. The van der Waals surface area contributed by atoms with Crippen LogP contribution in [0.2, 0.25) is 0 Å². The molecule has 4 aromatic rings. The zero-order chi connectivity index (χ0) is 16.4. The van der Waals surface area contributed by atoms with Gasteiger partial charge in [-0.3, -0.25) is 0 Å². The van der Waals surface area contributed by atoms with Crippen LogP contribution in [0.5, 0.6) is 5.75 Å². The van der Waals surface area contributed by atoms with E-state index in [-0.39, 0.29) is 0 Å². The van der Waals surface area contributed by atoms with E-state index < -0.39 is 0 Å². The molecular formula is C17H14N4O2S. The Labute approximate surface area is 142 Å². The van der Waals surface area contributed by atoms with Crippen LogP contribution in [-0.4, -0.2) is 27.2 Å². The number of aromatic amines is 1. The van der Waals surface area contributed by atoms with Crippen molar-refractivity contribution in [3.8, 4) is 17.2 Å². The number of ether oxygens (including phenoxy) is 1. The first-order chi connectivity index (χ1) is 11.8. The number of benzene rings is 2. The summed E-state index contributed by atoms with van der Waals surface area (Å²) in [5, 5.41) is 4.83. The lowest BCUT2D eigenvalue weighted by atomic mass is 10.2. The molecule has 0 saturated heterocycles. The number of nitrogens with zero attached hydrogens (tertiary/aromatic N) is 3. The van der Waals surface area contributed by atoms with Gasteiger partial charge >= 0.3 is 0 Å². The maximum atomic E-state index is 5.31. The standard InChI is InChI=1S/C17H14N4O2S/c1-22-12-7-8-13-14(9-12)19-17(18-13)24-10-15-20-16(23-21-15)11-5-3-2-4-6-11/h2-9H,10H2,1H3,(H,18,19). The van der Waals surface area contributed by atoms with Crippen molar-refractivity contribution < 1.29 is 9.26 Å². The zero-order valence-corrected chi connectivity index (χ0v) is 13.7. The van der Waals surface area contributed by atoms with Crippen molar-refractivity contribution in [1.82, 2.24) is 20.1 Å². The fourth-order valence-electron chi connectivity index (χ4n) is 2.30. The Morgan fingerprint density at radius 2 is 2.00 bits per heavy atom. The molecule has 6 nitrogen and oxygen atoms in total. The summed E-state index contributed by atoms with van der Waals surface area (Å²) in [5.41, 5.74) is 2.75. The molecular weight excluding hydrogens is 324 g/mol. The van der Waals surface area contributed by atoms with E-state index >= 15 is 0 Å². The lowest BCUT2D eigenvalue weighted by Gasteiger charge is -1.96. The summed E-state index contributed by atoms with van der Waals surface area (Å²) in [6, 6.07) is 15.5. The molecule has 7 heteroatoms. The molecule has 2 aromatic heterocycles.